The van der Waals surface area contributed by atoms with Crippen LogP contribution in [0.25, 0.3) is 0 Å². The number of aromatic carboxylic acids is 1. The molecule has 1 saturated heterocycles. The number of carbonyl (C=O) groups is 2. The van der Waals surface area contributed by atoms with Crippen molar-refractivity contribution < 1.29 is 14.7 Å². The Morgan fingerprint density at radius 1 is 1.65 bits per heavy atom. The Kier molecular flexibility index (Phi) is 5.08. The number of rotatable bonds is 5. The SMILES string of the molecule is CC(NC(=O)CC1CCCNC1)c1nc(C(=O)O)cs1. The van der Waals surface area contributed by atoms with Crippen molar-refractivity contribution in [3.63, 3.8) is 0 Å². The van der Waals surface area contributed by atoms with Crippen LogP contribution in [0.1, 0.15) is 47.7 Å². The van der Waals surface area contributed by atoms with E-state index in [1.165, 1.54) is 16.7 Å². The molecule has 1 aromatic heterocycles. The van der Waals surface area contributed by atoms with Crippen molar-refractivity contribution in [1.29, 1.82) is 0 Å². The van der Waals surface area contributed by atoms with Crippen molar-refractivity contribution in [3.8, 4) is 0 Å². The van der Waals surface area contributed by atoms with Gasteiger partial charge in [-0.2, -0.15) is 0 Å². The summed E-state index contributed by atoms with van der Waals surface area (Å²) in [4.78, 5) is 26.7. The number of carboxylic acid groups (broad SMARTS) is 1. The molecule has 7 heteroatoms. The van der Waals surface area contributed by atoms with Crippen molar-refractivity contribution in [2.45, 2.75) is 32.2 Å². The van der Waals surface area contributed by atoms with E-state index in [2.05, 4.69) is 15.6 Å². The first-order chi connectivity index (χ1) is 9.56. The van der Waals surface area contributed by atoms with Crippen LogP contribution in [0, 0.1) is 5.92 Å². The van der Waals surface area contributed by atoms with Crippen LogP contribution >= 0.6 is 11.3 Å². The summed E-state index contributed by atoms with van der Waals surface area (Å²) in [5, 5.41) is 17.1. The van der Waals surface area contributed by atoms with Crippen LogP contribution in [0.3, 0.4) is 0 Å². The van der Waals surface area contributed by atoms with E-state index in [4.69, 9.17) is 5.11 Å². The number of hydrogen-bond acceptors (Lipinski definition) is 5. The maximum absolute atomic E-state index is 12.0. The molecule has 6 nitrogen and oxygen atoms in total. The highest BCUT2D eigenvalue weighted by molar-refractivity contribution is 7.09. The second kappa shape index (κ2) is 6.81. The van der Waals surface area contributed by atoms with E-state index >= 15 is 0 Å². The molecule has 20 heavy (non-hydrogen) atoms. The predicted molar refractivity (Wildman–Crippen MR) is 75.8 cm³/mol. The fourth-order valence-corrected chi connectivity index (χ4v) is 3.11. The summed E-state index contributed by atoms with van der Waals surface area (Å²) in [6.45, 7) is 3.75. The fraction of sp³-hybridized carbons (Fsp3) is 0.615. The van der Waals surface area contributed by atoms with Crippen LogP contribution in [0.2, 0.25) is 0 Å². The van der Waals surface area contributed by atoms with Gasteiger partial charge in [0.2, 0.25) is 5.91 Å². The zero-order valence-electron chi connectivity index (χ0n) is 11.4. The second-order valence-corrected chi connectivity index (χ2v) is 5.97. The fourth-order valence-electron chi connectivity index (χ4n) is 2.31. The van der Waals surface area contributed by atoms with Gasteiger partial charge >= 0.3 is 5.97 Å². The summed E-state index contributed by atoms with van der Waals surface area (Å²) < 4.78 is 0. The molecule has 1 aromatic rings. The van der Waals surface area contributed by atoms with Crippen molar-refractivity contribution >= 4 is 23.2 Å². The van der Waals surface area contributed by atoms with Gasteiger partial charge < -0.3 is 15.7 Å². The van der Waals surface area contributed by atoms with Crippen LogP contribution in [-0.4, -0.2) is 35.1 Å². The van der Waals surface area contributed by atoms with Gasteiger partial charge in [-0.1, -0.05) is 0 Å². The van der Waals surface area contributed by atoms with Crippen molar-refractivity contribution in [3.05, 3.63) is 16.1 Å². The van der Waals surface area contributed by atoms with Crippen LogP contribution in [0.4, 0.5) is 0 Å². The van der Waals surface area contributed by atoms with Gasteiger partial charge in [0.15, 0.2) is 5.69 Å². The number of nitrogens with one attached hydrogen (secondary N) is 2. The third-order valence-electron chi connectivity index (χ3n) is 3.36. The van der Waals surface area contributed by atoms with Crippen LogP contribution in [-0.2, 0) is 4.79 Å². The molecule has 2 atom stereocenters. The molecule has 0 spiro atoms. The van der Waals surface area contributed by atoms with Gasteiger partial charge in [-0.3, -0.25) is 4.79 Å². The number of aromatic nitrogens is 1. The lowest BCUT2D eigenvalue weighted by atomic mass is 9.96. The smallest absolute Gasteiger partial charge is 0.355 e. The molecule has 110 valence electrons. The molecule has 0 bridgehead atoms. The van der Waals surface area contributed by atoms with E-state index in [0.29, 0.717) is 17.3 Å². The van der Waals surface area contributed by atoms with Crippen LogP contribution in [0.15, 0.2) is 5.38 Å². The lowest BCUT2D eigenvalue weighted by Gasteiger charge is -2.22. The summed E-state index contributed by atoms with van der Waals surface area (Å²) in [5.74, 6) is -0.653. The molecule has 2 heterocycles. The first-order valence-electron chi connectivity index (χ1n) is 6.75. The molecule has 1 amide bonds. The quantitative estimate of drug-likeness (QED) is 0.764. The molecule has 2 unspecified atom stereocenters. The summed E-state index contributed by atoms with van der Waals surface area (Å²) >= 11 is 1.26. The van der Waals surface area contributed by atoms with Gasteiger partial charge in [0.25, 0.3) is 0 Å². The Bertz CT molecular complexity index is 483. The standard InChI is InChI=1S/C13H19N3O3S/c1-8(12-16-10(7-20-12)13(18)19)15-11(17)5-9-3-2-4-14-6-9/h7-9,14H,2-6H2,1H3,(H,15,17)(H,18,19). The van der Waals surface area contributed by atoms with E-state index in [1.54, 1.807) is 0 Å². The van der Waals surface area contributed by atoms with Gasteiger partial charge in [-0.05, 0) is 38.8 Å². The van der Waals surface area contributed by atoms with E-state index < -0.39 is 5.97 Å². The Morgan fingerprint density at radius 2 is 2.45 bits per heavy atom. The predicted octanol–water partition coefficient (Wildman–Crippen LogP) is 1.41. The number of nitrogens with zero attached hydrogens (tertiary/aromatic N) is 1. The normalized spacial score (nSPS) is 20.4. The molecule has 1 fully saturated rings. The molecule has 1 aliphatic heterocycles. The largest absolute Gasteiger partial charge is 0.476 e. The van der Waals surface area contributed by atoms with Gasteiger partial charge in [-0.25, -0.2) is 9.78 Å². The minimum absolute atomic E-state index is 0.00160. The third-order valence-corrected chi connectivity index (χ3v) is 4.39. The molecule has 3 N–H and O–H groups in total. The Labute approximate surface area is 121 Å². The Morgan fingerprint density at radius 3 is 3.05 bits per heavy atom. The topological polar surface area (TPSA) is 91.3 Å². The summed E-state index contributed by atoms with van der Waals surface area (Å²) in [6, 6.07) is -0.253. The molecule has 2 rings (SSSR count). The number of thiazole rings is 1. The maximum Gasteiger partial charge on any atom is 0.355 e. The minimum Gasteiger partial charge on any atom is -0.476 e. The lowest BCUT2D eigenvalue weighted by molar-refractivity contribution is -0.122. The third kappa shape index (κ3) is 4.01. The zero-order chi connectivity index (χ0) is 14.5. The molecule has 1 aliphatic rings. The second-order valence-electron chi connectivity index (χ2n) is 5.08. The lowest BCUT2D eigenvalue weighted by Crippen LogP contribution is -2.35. The molecule has 0 aliphatic carbocycles. The number of piperidine rings is 1. The van der Waals surface area contributed by atoms with Crippen LogP contribution in [0.5, 0.6) is 0 Å². The maximum atomic E-state index is 12.0. The highest BCUT2D eigenvalue weighted by atomic mass is 32.1. The molecular formula is C13H19N3O3S. The molecular weight excluding hydrogens is 278 g/mol. The average Bonchev–Trinajstić information content (AvgIpc) is 2.89. The number of hydrogen-bond donors (Lipinski definition) is 3. The zero-order valence-corrected chi connectivity index (χ0v) is 12.2. The van der Waals surface area contributed by atoms with Crippen molar-refractivity contribution in [1.82, 2.24) is 15.6 Å². The first kappa shape index (κ1) is 14.9. The molecule has 0 radical (unpaired) electrons. The first-order valence-corrected chi connectivity index (χ1v) is 7.63. The van der Waals surface area contributed by atoms with Gasteiger partial charge in [0, 0.05) is 11.8 Å². The van der Waals surface area contributed by atoms with E-state index in [0.717, 1.165) is 25.9 Å². The van der Waals surface area contributed by atoms with E-state index in [1.807, 2.05) is 6.92 Å². The van der Waals surface area contributed by atoms with Crippen molar-refractivity contribution in [2.75, 3.05) is 13.1 Å². The monoisotopic (exact) mass is 297 g/mol. The van der Waals surface area contributed by atoms with Crippen molar-refractivity contribution in [2.24, 2.45) is 5.92 Å². The highest BCUT2D eigenvalue weighted by Gasteiger charge is 2.20. The Hall–Kier alpha value is -1.47. The number of amides is 1. The van der Waals surface area contributed by atoms with Gasteiger partial charge in [-0.15, -0.1) is 11.3 Å². The molecule has 0 aromatic carbocycles. The van der Waals surface area contributed by atoms with Gasteiger partial charge in [0.1, 0.15) is 5.01 Å². The number of carbonyl (C=O) groups excluding carboxylic acids is 1. The Balaban J connectivity index is 1.84. The summed E-state index contributed by atoms with van der Waals surface area (Å²) in [6.07, 6.45) is 2.70. The van der Waals surface area contributed by atoms with Gasteiger partial charge in [0.05, 0.1) is 6.04 Å². The highest BCUT2D eigenvalue weighted by Crippen LogP contribution is 2.19. The summed E-state index contributed by atoms with van der Waals surface area (Å²) in [7, 11) is 0. The minimum atomic E-state index is -1.04. The molecule has 0 saturated carbocycles. The summed E-state index contributed by atoms with van der Waals surface area (Å²) in [5.41, 5.74) is 0.0302. The van der Waals surface area contributed by atoms with E-state index in [-0.39, 0.29) is 17.6 Å². The van der Waals surface area contributed by atoms with Crippen LogP contribution < -0.4 is 10.6 Å². The van der Waals surface area contributed by atoms with E-state index in [9.17, 15) is 9.59 Å². The number of carboxylic acids is 1. The average molecular weight is 297 g/mol.